The summed E-state index contributed by atoms with van der Waals surface area (Å²) in [6.45, 7) is 7.92. The topological polar surface area (TPSA) is 44.7 Å². The van der Waals surface area contributed by atoms with Crippen LogP contribution in [0.15, 0.2) is 57.2 Å². The average Bonchev–Trinajstić information content (AvgIpc) is 3.04. The van der Waals surface area contributed by atoms with Gasteiger partial charge in [-0.15, -0.1) is 0 Å². The molecule has 1 N–H and O–H groups in total. The number of aliphatic imine (C=N–C) groups is 1. The van der Waals surface area contributed by atoms with Crippen LogP contribution in [0, 0.1) is 0 Å². The minimum atomic E-state index is -0.00729. The predicted octanol–water partition coefficient (Wildman–Crippen LogP) is 7.48. The summed E-state index contributed by atoms with van der Waals surface area (Å²) >= 11 is 1.74. The molecule has 1 amide bonds. The van der Waals surface area contributed by atoms with E-state index in [1.807, 2.05) is 32.0 Å². The Hall–Kier alpha value is -2.11. The highest BCUT2D eigenvalue weighted by Gasteiger charge is 2.19. The van der Waals surface area contributed by atoms with Gasteiger partial charge in [-0.05, 0) is 63.5 Å². The molecule has 2 aromatic rings. The third-order valence-corrected chi connectivity index (χ3v) is 7.69. The third-order valence-electron chi connectivity index (χ3n) is 6.55. The molecule has 0 bridgehead atoms. The van der Waals surface area contributed by atoms with Crippen LogP contribution >= 0.6 is 11.8 Å². The highest BCUT2D eigenvalue weighted by molar-refractivity contribution is 7.99. The van der Waals surface area contributed by atoms with Crippen LogP contribution in [0.4, 0.5) is 5.69 Å². The fourth-order valence-corrected chi connectivity index (χ4v) is 5.74. The standard InChI is InChI=1S/C27H35N3OS.C2H6/c1-3-10-23-22-13-7-8-14-25(22)32-26-16-15-20(19-24(26)29-23)27(31)28-17-9-18-30(2)21-11-5-4-6-12-21;1-2/h7-8,13-16,19,21H,3-6,9-12,17-18H2,1-2H3,(H,28,31);1-2H3. The first-order valence-electron chi connectivity index (χ1n) is 13.1. The predicted molar refractivity (Wildman–Crippen MR) is 146 cm³/mol. The number of fused-ring (bicyclic) bond motifs is 2. The lowest BCUT2D eigenvalue weighted by Crippen LogP contribution is -2.35. The molecule has 184 valence electrons. The molecule has 0 radical (unpaired) electrons. The first-order chi connectivity index (χ1) is 16.7. The van der Waals surface area contributed by atoms with Crippen LogP contribution in [0.1, 0.15) is 88.1 Å². The second kappa shape index (κ2) is 13.7. The van der Waals surface area contributed by atoms with Crippen LogP contribution < -0.4 is 5.32 Å². The maximum Gasteiger partial charge on any atom is 0.251 e. The van der Waals surface area contributed by atoms with E-state index in [2.05, 4.69) is 48.5 Å². The lowest BCUT2D eigenvalue weighted by Gasteiger charge is -2.31. The molecular weight excluding hydrogens is 438 g/mol. The number of rotatable bonds is 8. The van der Waals surface area contributed by atoms with E-state index >= 15 is 0 Å². The number of benzene rings is 2. The Bertz CT molecular complexity index is 966. The zero-order chi connectivity index (χ0) is 24.3. The number of nitrogens with one attached hydrogen (secondary N) is 1. The van der Waals surface area contributed by atoms with Crippen LogP contribution in [0.3, 0.4) is 0 Å². The van der Waals surface area contributed by atoms with Crippen LogP contribution in [0.25, 0.3) is 0 Å². The lowest BCUT2D eigenvalue weighted by atomic mass is 9.94. The van der Waals surface area contributed by atoms with E-state index in [0.717, 1.165) is 48.1 Å². The highest BCUT2D eigenvalue weighted by atomic mass is 32.2. The van der Waals surface area contributed by atoms with E-state index in [1.54, 1.807) is 11.8 Å². The summed E-state index contributed by atoms with van der Waals surface area (Å²) < 4.78 is 0. The maximum absolute atomic E-state index is 12.8. The number of carbonyl (C=O) groups is 1. The highest BCUT2D eigenvalue weighted by Crippen LogP contribution is 2.41. The van der Waals surface area contributed by atoms with Gasteiger partial charge in [0.05, 0.1) is 5.69 Å². The number of nitrogens with zero attached hydrogens (tertiary/aromatic N) is 2. The molecule has 5 heteroatoms. The normalized spacial score (nSPS) is 15.4. The molecule has 4 nitrogen and oxygen atoms in total. The van der Waals surface area contributed by atoms with Gasteiger partial charge in [0.25, 0.3) is 5.91 Å². The van der Waals surface area contributed by atoms with Crippen molar-refractivity contribution in [3.63, 3.8) is 0 Å². The Morgan fingerprint density at radius 3 is 2.62 bits per heavy atom. The average molecular weight is 480 g/mol. The van der Waals surface area contributed by atoms with Crippen molar-refractivity contribution in [3.05, 3.63) is 53.6 Å². The van der Waals surface area contributed by atoms with E-state index in [-0.39, 0.29) is 5.91 Å². The Morgan fingerprint density at radius 2 is 1.85 bits per heavy atom. The van der Waals surface area contributed by atoms with Crippen molar-refractivity contribution < 1.29 is 4.79 Å². The van der Waals surface area contributed by atoms with Gasteiger partial charge < -0.3 is 10.2 Å². The second-order valence-electron chi connectivity index (χ2n) is 8.97. The van der Waals surface area contributed by atoms with E-state index in [4.69, 9.17) is 4.99 Å². The first-order valence-corrected chi connectivity index (χ1v) is 13.9. The van der Waals surface area contributed by atoms with Crippen molar-refractivity contribution in [2.75, 3.05) is 20.1 Å². The summed E-state index contributed by atoms with van der Waals surface area (Å²) in [5.74, 6) is -0.00729. The first kappa shape index (κ1) is 26.5. The molecule has 1 heterocycles. The quantitative estimate of drug-likeness (QED) is 0.399. The minimum absolute atomic E-state index is 0.00729. The van der Waals surface area contributed by atoms with Crippen molar-refractivity contribution in [2.24, 2.45) is 4.99 Å². The van der Waals surface area contributed by atoms with Crippen molar-refractivity contribution >= 4 is 29.1 Å². The van der Waals surface area contributed by atoms with Crippen molar-refractivity contribution in [3.8, 4) is 0 Å². The fourth-order valence-electron chi connectivity index (χ4n) is 4.71. The van der Waals surface area contributed by atoms with Gasteiger partial charge in [-0.1, -0.05) is 76.4 Å². The van der Waals surface area contributed by atoms with Crippen molar-refractivity contribution in [1.29, 1.82) is 0 Å². The molecule has 2 aliphatic rings. The molecule has 1 saturated carbocycles. The number of hydrogen-bond acceptors (Lipinski definition) is 4. The summed E-state index contributed by atoms with van der Waals surface area (Å²) in [7, 11) is 2.23. The Labute approximate surface area is 210 Å². The summed E-state index contributed by atoms with van der Waals surface area (Å²) in [5, 5.41) is 3.11. The second-order valence-corrected chi connectivity index (χ2v) is 10.1. The molecule has 0 spiro atoms. The van der Waals surface area contributed by atoms with E-state index in [0.29, 0.717) is 12.1 Å². The van der Waals surface area contributed by atoms with Gasteiger partial charge in [-0.3, -0.25) is 9.79 Å². The number of carbonyl (C=O) groups excluding carboxylic acids is 1. The molecular formula is C29H41N3OS. The third kappa shape index (κ3) is 6.96. The zero-order valence-electron chi connectivity index (χ0n) is 21.4. The van der Waals surface area contributed by atoms with Gasteiger partial charge in [-0.25, -0.2) is 0 Å². The van der Waals surface area contributed by atoms with E-state index in [1.165, 1.54) is 42.6 Å². The van der Waals surface area contributed by atoms with Crippen molar-refractivity contribution in [1.82, 2.24) is 10.2 Å². The van der Waals surface area contributed by atoms with Crippen LogP contribution in [-0.2, 0) is 0 Å². The Morgan fingerprint density at radius 1 is 1.09 bits per heavy atom. The zero-order valence-corrected chi connectivity index (χ0v) is 22.2. The Balaban J connectivity index is 0.00000158. The van der Waals surface area contributed by atoms with E-state index in [9.17, 15) is 4.79 Å². The maximum atomic E-state index is 12.8. The largest absolute Gasteiger partial charge is 0.352 e. The van der Waals surface area contributed by atoms with Gasteiger partial charge in [0, 0.05) is 39.2 Å². The van der Waals surface area contributed by atoms with Gasteiger partial charge in [0.15, 0.2) is 0 Å². The molecule has 0 atom stereocenters. The van der Waals surface area contributed by atoms with Gasteiger partial charge in [-0.2, -0.15) is 0 Å². The van der Waals surface area contributed by atoms with Gasteiger partial charge in [0.2, 0.25) is 0 Å². The Kier molecular flexibility index (Phi) is 10.7. The van der Waals surface area contributed by atoms with Crippen molar-refractivity contribution in [2.45, 2.75) is 88.0 Å². The van der Waals surface area contributed by atoms with Gasteiger partial charge in [0.1, 0.15) is 0 Å². The monoisotopic (exact) mass is 479 g/mol. The summed E-state index contributed by atoms with van der Waals surface area (Å²) in [4.78, 5) is 22.6. The minimum Gasteiger partial charge on any atom is -0.352 e. The van der Waals surface area contributed by atoms with Gasteiger partial charge >= 0.3 is 0 Å². The summed E-state index contributed by atoms with van der Waals surface area (Å²) in [6, 6.07) is 15.1. The molecule has 2 aromatic carbocycles. The number of amides is 1. The molecule has 1 aliphatic carbocycles. The molecule has 0 aromatic heterocycles. The molecule has 0 saturated heterocycles. The molecule has 0 unspecified atom stereocenters. The van der Waals surface area contributed by atoms with Crippen LogP contribution in [-0.4, -0.2) is 42.7 Å². The van der Waals surface area contributed by atoms with E-state index < -0.39 is 0 Å². The van der Waals surface area contributed by atoms with Crippen LogP contribution in [0.5, 0.6) is 0 Å². The smallest absolute Gasteiger partial charge is 0.251 e. The van der Waals surface area contributed by atoms with Crippen LogP contribution in [0.2, 0.25) is 0 Å². The lowest BCUT2D eigenvalue weighted by molar-refractivity contribution is 0.0950. The molecule has 1 aliphatic heterocycles. The fraction of sp³-hybridized carbons (Fsp3) is 0.517. The number of hydrogen-bond donors (Lipinski definition) is 1. The molecule has 4 rings (SSSR count). The summed E-state index contributed by atoms with van der Waals surface area (Å²) in [5.41, 5.74) is 3.91. The molecule has 1 fully saturated rings. The summed E-state index contributed by atoms with van der Waals surface area (Å²) in [6.07, 6.45) is 9.70. The molecule has 34 heavy (non-hydrogen) atoms. The SMILES string of the molecule is CC.CCCC1=Nc2cc(C(=O)NCCCN(C)C3CCCCC3)ccc2Sc2ccccc21.